The highest BCUT2D eigenvalue weighted by Crippen LogP contribution is 2.23. The van der Waals surface area contributed by atoms with Crippen LogP contribution in [-0.4, -0.2) is 81.2 Å². The van der Waals surface area contributed by atoms with Crippen molar-refractivity contribution in [3.63, 3.8) is 0 Å². The molecule has 0 aliphatic carbocycles. The Morgan fingerprint density at radius 3 is 2.12 bits per heavy atom. The van der Waals surface area contributed by atoms with Crippen LogP contribution in [0.3, 0.4) is 0 Å². The van der Waals surface area contributed by atoms with Crippen molar-refractivity contribution < 1.29 is 14.4 Å². The number of aromatic nitrogens is 2. The summed E-state index contributed by atoms with van der Waals surface area (Å²) in [5.74, 6) is -0.713. The molecule has 8 nitrogen and oxygen atoms in total. The van der Waals surface area contributed by atoms with E-state index in [2.05, 4.69) is 9.97 Å². The van der Waals surface area contributed by atoms with Gasteiger partial charge in [0.2, 0.25) is 11.7 Å². The molecule has 0 saturated carbocycles. The molecule has 0 radical (unpaired) electrons. The number of piperazine rings is 1. The molecule has 2 aromatic carbocycles. The Labute approximate surface area is 191 Å². The Bertz CT molecular complexity index is 1160. The average Bonchev–Trinajstić information content (AvgIpc) is 2.84. The molecule has 0 spiro atoms. The van der Waals surface area contributed by atoms with Crippen LogP contribution < -0.4 is 0 Å². The first-order valence-electron chi connectivity index (χ1n) is 10.9. The van der Waals surface area contributed by atoms with Gasteiger partial charge in [-0.05, 0) is 29.3 Å². The van der Waals surface area contributed by atoms with Gasteiger partial charge in [-0.1, -0.05) is 42.5 Å². The van der Waals surface area contributed by atoms with Gasteiger partial charge in [-0.15, -0.1) is 0 Å². The zero-order valence-electron chi connectivity index (χ0n) is 18.0. The first kappa shape index (κ1) is 21.0. The maximum absolute atomic E-state index is 12.8. The third-order valence-corrected chi connectivity index (χ3v) is 6.16. The maximum atomic E-state index is 12.8. The number of carbonyl (C=O) groups excluding carboxylic acids is 3. The number of likely N-dealkylation sites (tertiary alicyclic amines) is 1. The Morgan fingerprint density at radius 2 is 1.45 bits per heavy atom. The van der Waals surface area contributed by atoms with E-state index in [1.165, 1.54) is 17.3 Å². The number of hydrogen-bond acceptors (Lipinski definition) is 6. The SMILES string of the molecule is O=C(c1ccc(-c2ccccc2)cc1)N1CC(N2CCN(C(=O)c3ncccn3)C(=O)C2)C1. The summed E-state index contributed by atoms with van der Waals surface area (Å²) in [6.45, 7) is 2.16. The highest BCUT2D eigenvalue weighted by atomic mass is 16.2. The molecule has 2 saturated heterocycles. The minimum Gasteiger partial charge on any atom is -0.335 e. The number of nitrogens with zero attached hydrogens (tertiary/aromatic N) is 5. The van der Waals surface area contributed by atoms with Gasteiger partial charge in [-0.25, -0.2) is 9.97 Å². The third-order valence-electron chi connectivity index (χ3n) is 6.16. The Balaban J connectivity index is 1.15. The Kier molecular flexibility index (Phi) is 5.66. The van der Waals surface area contributed by atoms with Crippen molar-refractivity contribution >= 4 is 17.7 Å². The molecule has 3 aromatic rings. The van der Waals surface area contributed by atoms with Crippen molar-refractivity contribution in [2.24, 2.45) is 0 Å². The number of imide groups is 1. The van der Waals surface area contributed by atoms with Crippen LogP contribution in [0.5, 0.6) is 0 Å². The molecule has 3 heterocycles. The van der Waals surface area contributed by atoms with Crippen molar-refractivity contribution in [1.82, 2.24) is 24.7 Å². The second kappa shape index (κ2) is 8.91. The molecule has 8 heteroatoms. The molecule has 2 aliphatic heterocycles. The van der Waals surface area contributed by atoms with Gasteiger partial charge in [-0.3, -0.25) is 24.2 Å². The fraction of sp³-hybridized carbons (Fsp3) is 0.240. The average molecular weight is 441 g/mol. The van der Waals surface area contributed by atoms with Crippen LogP contribution in [-0.2, 0) is 4.79 Å². The monoisotopic (exact) mass is 441 g/mol. The molecule has 3 amide bonds. The largest absolute Gasteiger partial charge is 0.335 e. The van der Waals surface area contributed by atoms with Crippen molar-refractivity contribution in [2.45, 2.75) is 6.04 Å². The van der Waals surface area contributed by atoms with Crippen molar-refractivity contribution in [2.75, 3.05) is 32.7 Å². The summed E-state index contributed by atoms with van der Waals surface area (Å²) in [5, 5.41) is 0. The Morgan fingerprint density at radius 1 is 0.788 bits per heavy atom. The van der Waals surface area contributed by atoms with Gasteiger partial charge >= 0.3 is 0 Å². The van der Waals surface area contributed by atoms with Gasteiger partial charge in [-0.2, -0.15) is 0 Å². The van der Waals surface area contributed by atoms with Gasteiger partial charge in [0.15, 0.2) is 0 Å². The molecule has 166 valence electrons. The predicted octanol–water partition coefficient (Wildman–Crippen LogP) is 1.95. The third kappa shape index (κ3) is 4.25. The van der Waals surface area contributed by atoms with E-state index in [9.17, 15) is 14.4 Å². The highest BCUT2D eigenvalue weighted by Gasteiger charge is 2.39. The summed E-state index contributed by atoms with van der Waals surface area (Å²) < 4.78 is 0. The van der Waals surface area contributed by atoms with Crippen LogP contribution in [0.4, 0.5) is 0 Å². The van der Waals surface area contributed by atoms with Gasteiger partial charge < -0.3 is 4.90 Å². The summed E-state index contributed by atoms with van der Waals surface area (Å²) in [5.41, 5.74) is 2.84. The normalized spacial score (nSPS) is 17.0. The van der Waals surface area contributed by atoms with Gasteiger partial charge in [0, 0.05) is 50.2 Å². The first-order chi connectivity index (χ1) is 16.1. The van der Waals surface area contributed by atoms with Gasteiger partial charge in [0.05, 0.1) is 6.54 Å². The summed E-state index contributed by atoms with van der Waals surface area (Å²) in [6.07, 6.45) is 2.96. The smallest absolute Gasteiger partial charge is 0.298 e. The van der Waals surface area contributed by atoms with Crippen LogP contribution >= 0.6 is 0 Å². The van der Waals surface area contributed by atoms with E-state index < -0.39 is 5.91 Å². The van der Waals surface area contributed by atoms with E-state index in [4.69, 9.17) is 0 Å². The molecule has 2 fully saturated rings. The first-order valence-corrected chi connectivity index (χ1v) is 10.9. The lowest BCUT2D eigenvalue weighted by molar-refractivity contribution is -0.135. The lowest BCUT2D eigenvalue weighted by Gasteiger charge is -2.47. The van der Waals surface area contributed by atoms with Crippen LogP contribution in [0.1, 0.15) is 21.0 Å². The van der Waals surface area contributed by atoms with Crippen molar-refractivity contribution in [3.8, 4) is 11.1 Å². The van der Waals surface area contributed by atoms with E-state index in [0.29, 0.717) is 31.7 Å². The Hall–Kier alpha value is -3.91. The van der Waals surface area contributed by atoms with Crippen LogP contribution in [0.15, 0.2) is 73.1 Å². The summed E-state index contributed by atoms with van der Waals surface area (Å²) in [7, 11) is 0. The predicted molar refractivity (Wildman–Crippen MR) is 121 cm³/mol. The van der Waals surface area contributed by atoms with E-state index in [1.54, 1.807) is 11.0 Å². The summed E-state index contributed by atoms with van der Waals surface area (Å²) >= 11 is 0. The minimum absolute atomic E-state index is 0.00720. The minimum atomic E-state index is -0.468. The summed E-state index contributed by atoms with van der Waals surface area (Å²) in [6, 6.07) is 19.4. The van der Waals surface area contributed by atoms with Gasteiger partial charge in [0.25, 0.3) is 11.8 Å². The molecule has 0 N–H and O–H groups in total. The van der Waals surface area contributed by atoms with Gasteiger partial charge in [0.1, 0.15) is 0 Å². The van der Waals surface area contributed by atoms with Crippen LogP contribution in [0.25, 0.3) is 11.1 Å². The molecule has 0 unspecified atom stereocenters. The lowest BCUT2D eigenvalue weighted by Crippen LogP contribution is -2.65. The summed E-state index contributed by atoms with van der Waals surface area (Å²) in [4.78, 5) is 50.8. The van der Waals surface area contributed by atoms with E-state index in [-0.39, 0.29) is 30.2 Å². The molecule has 5 rings (SSSR count). The molecule has 0 bridgehead atoms. The fourth-order valence-corrected chi connectivity index (χ4v) is 4.22. The van der Waals surface area contributed by atoms with E-state index >= 15 is 0 Å². The second-order valence-corrected chi connectivity index (χ2v) is 8.20. The molecular weight excluding hydrogens is 418 g/mol. The fourth-order valence-electron chi connectivity index (χ4n) is 4.22. The quantitative estimate of drug-likeness (QED) is 0.576. The van der Waals surface area contributed by atoms with E-state index in [0.717, 1.165) is 11.1 Å². The molecule has 2 aliphatic rings. The molecule has 1 aromatic heterocycles. The molecule has 0 atom stereocenters. The van der Waals surface area contributed by atoms with Crippen molar-refractivity contribution in [3.05, 3.63) is 84.4 Å². The standard InChI is InChI=1S/C25H23N5O3/c31-22-17-28(13-14-30(22)25(33)23-26-11-4-12-27-23)21-15-29(16-21)24(32)20-9-7-19(8-10-20)18-5-2-1-3-6-18/h1-12,21H,13-17H2. The maximum Gasteiger partial charge on any atom is 0.298 e. The second-order valence-electron chi connectivity index (χ2n) is 8.20. The topological polar surface area (TPSA) is 86.7 Å². The molecular formula is C25H23N5O3. The zero-order valence-corrected chi connectivity index (χ0v) is 18.0. The van der Waals surface area contributed by atoms with Crippen molar-refractivity contribution in [1.29, 1.82) is 0 Å². The highest BCUT2D eigenvalue weighted by molar-refractivity contribution is 6.03. The number of amides is 3. The number of benzene rings is 2. The lowest BCUT2D eigenvalue weighted by atomic mass is 10.0. The number of carbonyl (C=O) groups is 3. The zero-order chi connectivity index (χ0) is 22.8. The van der Waals surface area contributed by atoms with E-state index in [1.807, 2.05) is 59.5 Å². The van der Waals surface area contributed by atoms with Crippen LogP contribution in [0, 0.1) is 0 Å². The number of rotatable bonds is 4. The van der Waals surface area contributed by atoms with Crippen LogP contribution in [0.2, 0.25) is 0 Å². The number of hydrogen-bond donors (Lipinski definition) is 0. The molecule has 33 heavy (non-hydrogen) atoms.